The lowest BCUT2D eigenvalue weighted by molar-refractivity contribution is -0.120. The van der Waals surface area contributed by atoms with Gasteiger partial charge < -0.3 is 5.73 Å². The molecule has 1 atom stereocenters. The summed E-state index contributed by atoms with van der Waals surface area (Å²) in [6.07, 6.45) is 1.18. The second kappa shape index (κ2) is 5.79. The number of sulfonamides is 1. The fourth-order valence-electron chi connectivity index (χ4n) is 1.31. The minimum Gasteiger partial charge on any atom is -0.320 e. The van der Waals surface area contributed by atoms with Crippen LogP contribution in [0.1, 0.15) is 19.8 Å². The first-order valence-electron chi connectivity index (χ1n) is 5.34. The number of hydrogen-bond acceptors (Lipinski definition) is 4. The van der Waals surface area contributed by atoms with E-state index in [9.17, 15) is 13.2 Å². The summed E-state index contributed by atoms with van der Waals surface area (Å²) >= 11 is 0. The van der Waals surface area contributed by atoms with Crippen LogP contribution in [-0.4, -0.2) is 20.4 Å². The molecule has 0 spiro atoms. The van der Waals surface area contributed by atoms with Gasteiger partial charge in [-0.15, -0.1) is 0 Å². The summed E-state index contributed by atoms with van der Waals surface area (Å²) in [7, 11) is -3.80. The lowest BCUT2D eigenvalue weighted by atomic mass is 10.2. The van der Waals surface area contributed by atoms with Gasteiger partial charge in [0.25, 0.3) is 15.9 Å². The molecule has 1 aromatic rings. The molecule has 1 aromatic carbocycles. The standard InChI is InChI=1S/C11H16N2O3S/c1-2-6-10(12)11(14)13-17(15,16)9-7-4-3-5-8-9/h3-5,7-8,10H,2,6,12H2,1H3,(H,13,14). The molecule has 1 amide bonds. The zero-order valence-corrected chi connectivity index (χ0v) is 10.4. The molecule has 1 unspecified atom stereocenters. The smallest absolute Gasteiger partial charge is 0.264 e. The zero-order valence-electron chi connectivity index (χ0n) is 9.59. The van der Waals surface area contributed by atoms with Crippen LogP contribution in [0.2, 0.25) is 0 Å². The lowest BCUT2D eigenvalue weighted by Crippen LogP contribution is -2.43. The molecule has 3 N–H and O–H groups in total. The predicted octanol–water partition coefficient (Wildman–Crippen LogP) is 0.619. The fraction of sp³-hybridized carbons (Fsp3) is 0.364. The van der Waals surface area contributed by atoms with E-state index < -0.39 is 22.0 Å². The van der Waals surface area contributed by atoms with Crippen molar-refractivity contribution in [2.24, 2.45) is 5.73 Å². The molecule has 5 nitrogen and oxygen atoms in total. The molecular formula is C11H16N2O3S. The van der Waals surface area contributed by atoms with Crippen LogP contribution in [0.3, 0.4) is 0 Å². The van der Waals surface area contributed by atoms with Crippen LogP contribution in [0, 0.1) is 0 Å². The SMILES string of the molecule is CCCC(N)C(=O)NS(=O)(=O)c1ccccc1. The minimum absolute atomic E-state index is 0.0528. The molecule has 0 heterocycles. The van der Waals surface area contributed by atoms with Gasteiger partial charge in [0, 0.05) is 0 Å². The average molecular weight is 256 g/mol. The van der Waals surface area contributed by atoms with Gasteiger partial charge in [0.1, 0.15) is 0 Å². The van der Waals surface area contributed by atoms with Crippen molar-refractivity contribution in [1.29, 1.82) is 0 Å². The molecule has 0 saturated heterocycles. The van der Waals surface area contributed by atoms with E-state index in [1.807, 2.05) is 11.6 Å². The molecule has 17 heavy (non-hydrogen) atoms. The summed E-state index contributed by atoms with van der Waals surface area (Å²) in [6, 6.07) is 6.92. The number of nitrogens with one attached hydrogen (secondary N) is 1. The van der Waals surface area contributed by atoms with Crippen LogP contribution < -0.4 is 10.5 Å². The highest BCUT2D eigenvalue weighted by molar-refractivity contribution is 7.90. The molecule has 0 fully saturated rings. The summed E-state index contributed by atoms with van der Waals surface area (Å²) < 4.78 is 25.5. The summed E-state index contributed by atoms with van der Waals surface area (Å²) in [5, 5.41) is 0. The predicted molar refractivity (Wildman–Crippen MR) is 64.7 cm³/mol. The largest absolute Gasteiger partial charge is 0.320 e. The van der Waals surface area contributed by atoms with Crippen molar-refractivity contribution in [3.8, 4) is 0 Å². The number of hydrogen-bond donors (Lipinski definition) is 2. The van der Waals surface area contributed by atoms with Gasteiger partial charge in [0.15, 0.2) is 0 Å². The van der Waals surface area contributed by atoms with E-state index in [0.717, 1.165) is 6.42 Å². The molecule has 0 radical (unpaired) electrons. The topological polar surface area (TPSA) is 89.3 Å². The summed E-state index contributed by atoms with van der Waals surface area (Å²) in [4.78, 5) is 11.6. The molecule has 6 heteroatoms. The van der Waals surface area contributed by atoms with Crippen molar-refractivity contribution < 1.29 is 13.2 Å². The average Bonchev–Trinajstić information content (AvgIpc) is 2.30. The molecule has 0 saturated carbocycles. The fourth-order valence-corrected chi connectivity index (χ4v) is 2.36. The van der Waals surface area contributed by atoms with E-state index in [1.54, 1.807) is 18.2 Å². The van der Waals surface area contributed by atoms with Gasteiger partial charge in [-0.1, -0.05) is 31.5 Å². The second-order valence-electron chi connectivity index (χ2n) is 3.68. The van der Waals surface area contributed by atoms with E-state index in [4.69, 9.17) is 5.73 Å². The Morgan fingerprint density at radius 1 is 1.35 bits per heavy atom. The van der Waals surface area contributed by atoms with Gasteiger partial charge in [-0.05, 0) is 18.6 Å². The maximum atomic E-state index is 11.8. The normalized spacial score (nSPS) is 13.1. The van der Waals surface area contributed by atoms with E-state index in [0.29, 0.717) is 6.42 Å². The summed E-state index contributed by atoms with van der Waals surface area (Å²) in [5.74, 6) is -0.671. The third-order valence-corrected chi connectivity index (χ3v) is 3.59. The third-order valence-electron chi connectivity index (χ3n) is 2.22. The second-order valence-corrected chi connectivity index (χ2v) is 5.36. The Bertz CT molecular complexity index is 471. The van der Waals surface area contributed by atoms with Crippen molar-refractivity contribution in [1.82, 2.24) is 4.72 Å². The first-order valence-corrected chi connectivity index (χ1v) is 6.83. The molecule has 94 valence electrons. The zero-order chi connectivity index (χ0) is 12.9. The molecule has 0 aliphatic heterocycles. The van der Waals surface area contributed by atoms with Crippen LogP contribution in [0.4, 0.5) is 0 Å². The van der Waals surface area contributed by atoms with E-state index >= 15 is 0 Å². The Balaban J connectivity index is 2.78. The molecule has 0 aliphatic rings. The van der Waals surface area contributed by atoms with Crippen LogP contribution >= 0.6 is 0 Å². The van der Waals surface area contributed by atoms with Crippen LogP contribution in [0.15, 0.2) is 35.2 Å². The Hall–Kier alpha value is -1.40. The van der Waals surface area contributed by atoms with Crippen molar-refractivity contribution in [3.63, 3.8) is 0 Å². The van der Waals surface area contributed by atoms with Crippen molar-refractivity contribution >= 4 is 15.9 Å². The van der Waals surface area contributed by atoms with Gasteiger partial charge >= 0.3 is 0 Å². The highest BCUT2D eigenvalue weighted by atomic mass is 32.2. The Morgan fingerprint density at radius 2 is 1.94 bits per heavy atom. The van der Waals surface area contributed by atoms with E-state index in [-0.39, 0.29) is 4.90 Å². The quantitative estimate of drug-likeness (QED) is 0.808. The monoisotopic (exact) mass is 256 g/mol. The Kier molecular flexibility index (Phi) is 4.65. The number of carbonyl (C=O) groups is 1. The molecule has 0 aromatic heterocycles. The lowest BCUT2D eigenvalue weighted by Gasteiger charge is -2.11. The minimum atomic E-state index is -3.80. The number of amides is 1. The number of benzene rings is 1. The molecule has 0 bridgehead atoms. The van der Waals surface area contributed by atoms with Crippen LogP contribution in [0.5, 0.6) is 0 Å². The van der Waals surface area contributed by atoms with Crippen molar-refractivity contribution in [3.05, 3.63) is 30.3 Å². The molecular weight excluding hydrogens is 240 g/mol. The number of carbonyl (C=O) groups excluding carboxylic acids is 1. The van der Waals surface area contributed by atoms with Crippen LogP contribution in [-0.2, 0) is 14.8 Å². The van der Waals surface area contributed by atoms with Gasteiger partial charge in [-0.2, -0.15) is 0 Å². The molecule has 0 aliphatic carbocycles. The maximum Gasteiger partial charge on any atom is 0.264 e. The van der Waals surface area contributed by atoms with Gasteiger partial charge in [0.2, 0.25) is 0 Å². The summed E-state index contributed by atoms with van der Waals surface area (Å²) in [6.45, 7) is 1.87. The Morgan fingerprint density at radius 3 is 2.47 bits per heavy atom. The first kappa shape index (κ1) is 13.7. The number of rotatable bonds is 5. The Labute approximate surface area is 101 Å². The molecule has 1 rings (SSSR count). The van der Waals surface area contributed by atoms with E-state index in [2.05, 4.69) is 0 Å². The third kappa shape index (κ3) is 3.83. The van der Waals surface area contributed by atoms with Gasteiger partial charge in [0.05, 0.1) is 10.9 Å². The van der Waals surface area contributed by atoms with E-state index in [1.165, 1.54) is 12.1 Å². The first-order chi connectivity index (χ1) is 7.97. The summed E-state index contributed by atoms with van der Waals surface area (Å²) in [5.41, 5.74) is 5.54. The van der Waals surface area contributed by atoms with Crippen molar-refractivity contribution in [2.75, 3.05) is 0 Å². The maximum absolute atomic E-state index is 11.8. The highest BCUT2D eigenvalue weighted by Gasteiger charge is 2.20. The number of nitrogens with two attached hydrogens (primary N) is 1. The van der Waals surface area contributed by atoms with Gasteiger partial charge in [-0.25, -0.2) is 13.1 Å². The highest BCUT2D eigenvalue weighted by Crippen LogP contribution is 2.07. The van der Waals surface area contributed by atoms with Crippen molar-refractivity contribution in [2.45, 2.75) is 30.7 Å². The van der Waals surface area contributed by atoms with Crippen LogP contribution in [0.25, 0.3) is 0 Å². The van der Waals surface area contributed by atoms with Gasteiger partial charge in [-0.3, -0.25) is 4.79 Å².